The van der Waals surface area contributed by atoms with Crippen LogP contribution in [0.1, 0.15) is 60.9 Å². The van der Waals surface area contributed by atoms with E-state index in [2.05, 4.69) is 4.90 Å². The van der Waals surface area contributed by atoms with Crippen molar-refractivity contribution < 1.29 is 9.53 Å². The lowest BCUT2D eigenvalue weighted by atomic mass is 9.97. The van der Waals surface area contributed by atoms with Crippen LogP contribution < -0.4 is 10.5 Å². The standard InChI is InChI=1S/C19H27ClN2O2/c20-16-13-15(19-14(18(16)21)7-6-12-24-19)17(23)8-11-22-9-4-2-1-3-5-10-22/h13H,1-12,21H2. The van der Waals surface area contributed by atoms with Gasteiger partial charge in [-0.25, -0.2) is 0 Å². The molecule has 0 spiro atoms. The average molecular weight is 351 g/mol. The van der Waals surface area contributed by atoms with E-state index in [1.54, 1.807) is 6.07 Å². The zero-order valence-electron chi connectivity index (χ0n) is 14.3. The first kappa shape index (κ1) is 17.6. The third-order valence-electron chi connectivity index (χ3n) is 5.09. The van der Waals surface area contributed by atoms with Crippen LogP contribution in [0.15, 0.2) is 6.07 Å². The van der Waals surface area contributed by atoms with Crippen LogP contribution in [0.2, 0.25) is 5.02 Å². The maximum absolute atomic E-state index is 12.8. The molecule has 24 heavy (non-hydrogen) atoms. The van der Waals surface area contributed by atoms with Crippen LogP contribution in [-0.2, 0) is 6.42 Å². The Labute approximate surface area is 149 Å². The Hall–Kier alpha value is -1.26. The van der Waals surface area contributed by atoms with Gasteiger partial charge in [0, 0.05) is 18.5 Å². The molecular formula is C19H27ClN2O2. The number of hydrogen-bond acceptors (Lipinski definition) is 4. The Morgan fingerprint density at radius 3 is 2.62 bits per heavy atom. The molecule has 0 aliphatic carbocycles. The fourth-order valence-corrected chi connectivity index (χ4v) is 3.90. The van der Waals surface area contributed by atoms with Gasteiger partial charge in [-0.2, -0.15) is 0 Å². The summed E-state index contributed by atoms with van der Waals surface area (Å²) in [4.78, 5) is 15.2. The van der Waals surface area contributed by atoms with Crippen molar-refractivity contribution in [3.63, 3.8) is 0 Å². The van der Waals surface area contributed by atoms with Crippen molar-refractivity contribution in [1.29, 1.82) is 0 Å². The van der Waals surface area contributed by atoms with Gasteiger partial charge in [0.25, 0.3) is 0 Å². The van der Waals surface area contributed by atoms with Crippen molar-refractivity contribution in [2.75, 3.05) is 32.0 Å². The van der Waals surface area contributed by atoms with Crippen molar-refractivity contribution in [2.24, 2.45) is 0 Å². The number of nitrogens with zero attached hydrogens (tertiary/aromatic N) is 1. The first-order chi connectivity index (χ1) is 11.7. The van der Waals surface area contributed by atoms with Gasteiger partial charge in [-0.3, -0.25) is 4.79 Å². The predicted molar refractivity (Wildman–Crippen MR) is 98.2 cm³/mol. The van der Waals surface area contributed by atoms with Gasteiger partial charge in [-0.15, -0.1) is 0 Å². The van der Waals surface area contributed by atoms with E-state index in [1.807, 2.05) is 0 Å². The van der Waals surface area contributed by atoms with Crippen molar-refractivity contribution in [3.05, 3.63) is 22.2 Å². The highest BCUT2D eigenvalue weighted by atomic mass is 35.5. The lowest BCUT2D eigenvalue weighted by molar-refractivity contribution is 0.0957. The summed E-state index contributed by atoms with van der Waals surface area (Å²) < 4.78 is 5.77. The first-order valence-corrected chi connectivity index (χ1v) is 9.54. The van der Waals surface area contributed by atoms with Gasteiger partial charge in [0.2, 0.25) is 0 Å². The molecule has 0 bridgehead atoms. The molecule has 1 fully saturated rings. The number of ether oxygens (including phenoxy) is 1. The highest BCUT2D eigenvalue weighted by Crippen LogP contribution is 2.38. The number of benzene rings is 1. The average Bonchev–Trinajstić information content (AvgIpc) is 2.57. The van der Waals surface area contributed by atoms with Gasteiger partial charge in [0.15, 0.2) is 5.78 Å². The Bertz CT molecular complexity index is 596. The number of rotatable bonds is 4. The van der Waals surface area contributed by atoms with Crippen molar-refractivity contribution in [2.45, 2.75) is 51.4 Å². The summed E-state index contributed by atoms with van der Waals surface area (Å²) in [6.07, 6.45) is 8.68. The summed E-state index contributed by atoms with van der Waals surface area (Å²) in [5.74, 6) is 0.776. The van der Waals surface area contributed by atoms with Crippen LogP contribution in [0.4, 0.5) is 5.69 Å². The summed E-state index contributed by atoms with van der Waals surface area (Å²) in [5, 5.41) is 0.467. The van der Waals surface area contributed by atoms with Crippen LogP contribution >= 0.6 is 11.6 Å². The van der Waals surface area contributed by atoms with Crippen LogP contribution in [0.5, 0.6) is 5.75 Å². The second kappa shape index (κ2) is 8.21. The smallest absolute Gasteiger partial charge is 0.167 e. The topological polar surface area (TPSA) is 55.6 Å². The number of ketones is 1. The molecule has 0 aromatic heterocycles. The zero-order chi connectivity index (χ0) is 16.9. The van der Waals surface area contributed by atoms with E-state index in [0.717, 1.165) is 38.0 Å². The van der Waals surface area contributed by atoms with Crippen LogP contribution in [0, 0.1) is 0 Å². The highest BCUT2D eigenvalue weighted by molar-refractivity contribution is 6.33. The molecule has 0 saturated carbocycles. The number of likely N-dealkylation sites (tertiary alicyclic amines) is 1. The molecule has 1 aromatic carbocycles. The molecular weight excluding hydrogens is 324 g/mol. The summed E-state index contributed by atoms with van der Waals surface area (Å²) >= 11 is 6.24. The number of carbonyl (C=O) groups is 1. The Morgan fingerprint density at radius 2 is 1.88 bits per heavy atom. The number of Topliss-reactive ketones (excluding diaryl/α,β-unsaturated/α-hetero) is 1. The van der Waals surface area contributed by atoms with E-state index in [1.165, 1.54) is 32.1 Å². The van der Waals surface area contributed by atoms with Gasteiger partial charge < -0.3 is 15.4 Å². The third-order valence-corrected chi connectivity index (χ3v) is 5.41. The number of carbonyl (C=O) groups excluding carboxylic acids is 1. The molecule has 2 aliphatic heterocycles. The number of fused-ring (bicyclic) bond motifs is 1. The van der Waals surface area contributed by atoms with Gasteiger partial charge in [0.05, 0.1) is 22.9 Å². The third kappa shape index (κ3) is 4.04. The summed E-state index contributed by atoms with van der Waals surface area (Å²) in [5.41, 5.74) is 8.14. The van der Waals surface area contributed by atoms with E-state index in [0.29, 0.717) is 35.1 Å². The lowest BCUT2D eigenvalue weighted by Crippen LogP contribution is -2.29. The van der Waals surface area contributed by atoms with Gasteiger partial charge in [-0.05, 0) is 44.8 Å². The SMILES string of the molecule is Nc1c(Cl)cc(C(=O)CCN2CCCCCCC2)c2c1CCCO2. The quantitative estimate of drug-likeness (QED) is 0.656. The van der Waals surface area contributed by atoms with Crippen molar-refractivity contribution >= 4 is 23.1 Å². The molecule has 2 heterocycles. The molecule has 3 rings (SSSR count). The van der Waals surface area contributed by atoms with E-state index in [4.69, 9.17) is 22.1 Å². The Morgan fingerprint density at radius 1 is 1.17 bits per heavy atom. The predicted octanol–water partition coefficient (Wildman–Crippen LogP) is 4.09. The number of nitrogens with two attached hydrogens (primary N) is 1. The second-order valence-corrected chi connectivity index (χ2v) is 7.27. The normalized spacial score (nSPS) is 19.0. The molecule has 1 aromatic rings. The molecule has 2 aliphatic rings. The molecule has 0 radical (unpaired) electrons. The van der Waals surface area contributed by atoms with E-state index in [-0.39, 0.29) is 5.78 Å². The van der Waals surface area contributed by atoms with Crippen LogP contribution in [0.3, 0.4) is 0 Å². The molecule has 1 saturated heterocycles. The molecule has 132 valence electrons. The Balaban J connectivity index is 1.69. The minimum absolute atomic E-state index is 0.108. The summed E-state index contributed by atoms with van der Waals surface area (Å²) in [6, 6.07) is 1.69. The number of hydrogen-bond donors (Lipinski definition) is 1. The molecule has 5 heteroatoms. The minimum Gasteiger partial charge on any atom is -0.492 e. The lowest BCUT2D eigenvalue weighted by Gasteiger charge is -2.25. The van der Waals surface area contributed by atoms with E-state index >= 15 is 0 Å². The van der Waals surface area contributed by atoms with E-state index in [9.17, 15) is 4.79 Å². The molecule has 0 unspecified atom stereocenters. The molecule has 2 N–H and O–H groups in total. The zero-order valence-corrected chi connectivity index (χ0v) is 15.0. The van der Waals surface area contributed by atoms with Crippen LogP contribution in [0.25, 0.3) is 0 Å². The Kier molecular flexibility index (Phi) is 6.01. The fourth-order valence-electron chi connectivity index (χ4n) is 3.67. The maximum atomic E-state index is 12.8. The number of anilines is 1. The van der Waals surface area contributed by atoms with Gasteiger partial charge >= 0.3 is 0 Å². The molecule has 4 nitrogen and oxygen atoms in total. The molecule has 0 amide bonds. The largest absolute Gasteiger partial charge is 0.492 e. The highest BCUT2D eigenvalue weighted by Gasteiger charge is 2.24. The summed E-state index contributed by atoms with van der Waals surface area (Å²) in [7, 11) is 0. The minimum atomic E-state index is 0.108. The van der Waals surface area contributed by atoms with Crippen molar-refractivity contribution in [1.82, 2.24) is 4.90 Å². The monoisotopic (exact) mass is 350 g/mol. The maximum Gasteiger partial charge on any atom is 0.167 e. The van der Waals surface area contributed by atoms with Crippen molar-refractivity contribution in [3.8, 4) is 5.75 Å². The number of halogens is 1. The van der Waals surface area contributed by atoms with E-state index < -0.39 is 0 Å². The first-order valence-electron chi connectivity index (χ1n) is 9.16. The number of nitrogen functional groups attached to an aromatic ring is 1. The fraction of sp³-hybridized carbons (Fsp3) is 0.632. The van der Waals surface area contributed by atoms with Crippen LogP contribution in [-0.4, -0.2) is 36.9 Å². The summed E-state index contributed by atoms with van der Waals surface area (Å²) in [6.45, 7) is 3.66. The van der Waals surface area contributed by atoms with Gasteiger partial charge in [0.1, 0.15) is 5.75 Å². The molecule has 0 atom stereocenters. The van der Waals surface area contributed by atoms with Gasteiger partial charge in [-0.1, -0.05) is 30.9 Å². The second-order valence-electron chi connectivity index (χ2n) is 6.86.